The summed E-state index contributed by atoms with van der Waals surface area (Å²) in [5.74, 6) is -0.712. The molecule has 1 aromatic heterocycles. The lowest BCUT2D eigenvalue weighted by Crippen LogP contribution is -2.25. The van der Waals surface area contributed by atoms with Crippen LogP contribution >= 0.6 is 15.9 Å². The minimum absolute atomic E-state index is 0.110. The lowest BCUT2D eigenvalue weighted by atomic mass is 10.0. The average molecular weight is 467 g/mol. The first-order valence-corrected chi connectivity index (χ1v) is 10.8. The number of aryl methyl sites for hydroxylation is 2. The predicted molar refractivity (Wildman–Crippen MR) is 106 cm³/mol. The number of hydrogen-bond acceptors (Lipinski definition) is 4. The first-order chi connectivity index (χ1) is 13.2. The van der Waals surface area contributed by atoms with Gasteiger partial charge in [-0.3, -0.25) is 4.79 Å². The molecule has 3 aromatic rings. The standard InChI is InChI=1S/C19H16BrFN2O4S/c1-10-4-13(20)5-12-6-14(27-19(10)12)9-22-28(25,26)17-7-11-2-3-18(24)23-16(11)8-15(17)21/h4-8,22H,2-3,9H2,1H3,(H,23,24). The molecular formula is C19H16BrFN2O4S. The van der Waals surface area contributed by atoms with E-state index in [0.717, 1.165) is 21.5 Å². The summed E-state index contributed by atoms with van der Waals surface area (Å²) in [4.78, 5) is 11.0. The zero-order chi connectivity index (χ0) is 20.1. The molecule has 2 aromatic carbocycles. The molecule has 6 nitrogen and oxygen atoms in total. The van der Waals surface area contributed by atoms with Crippen molar-refractivity contribution in [1.82, 2.24) is 4.72 Å². The number of sulfonamides is 1. The number of hydrogen-bond donors (Lipinski definition) is 2. The van der Waals surface area contributed by atoms with Gasteiger partial charge in [-0.25, -0.2) is 17.5 Å². The SMILES string of the molecule is Cc1cc(Br)cc2cc(CNS(=O)(=O)c3cc4c(cc3F)NC(=O)CC4)oc12. The smallest absolute Gasteiger partial charge is 0.243 e. The molecular weight excluding hydrogens is 451 g/mol. The van der Waals surface area contributed by atoms with Gasteiger partial charge in [0, 0.05) is 22.0 Å². The molecule has 146 valence electrons. The van der Waals surface area contributed by atoms with E-state index in [2.05, 4.69) is 26.0 Å². The van der Waals surface area contributed by atoms with Crippen LogP contribution < -0.4 is 10.0 Å². The van der Waals surface area contributed by atoms with Crippen LogP contribution in [-0.2, 0) is 27.8 Å². The maximum absolute atomic E-state index is 14.4. The zero-order valence-corrected chi connectivity index (χ0v) is 17.2. The Kier molecular flexibility index (Phi) is 4.76. The van der Waals surface area contributed by atoms with Crippen LogP contribution in [-0.4, -0.2) is 14.3 Å². The summed E-state index contributed by atoms with van der Waals surface area (Å²) in [5.41, 5.74) is 2.49. The quantitative estimate of drug-likeness (QED) is 0.607. The lowest BCUT2D eigenvalue weighted by Gasteiger charge is -2.18. The maximum atomic E-state index is 14.4. The highest BCUT2D eigenvalue weighted by Crippen LogP contribution is 2.29. The zero-order valence-electron chi connectivity index (χ0n) is 14.8. The summed E-state index contributed by atoms with van der Waals surface area (Å²) in [6.07, 6.45) is 0.598. The molecule has 0 bridgehead atoms. The molecule has 4 rings (SSSR count). The third kappa shape index (κ3) is 3.57. The second-order valence-corrected chi connectivity index (χ2v) is 9.32. The van der Waals surface area contributed by atoms with Crippen LogP contribution in [0.4, 0.5) is 10.1 Å². The molecule has 0 fully saturated rings. The Bertz CT molecular complexity index is 1220. The minimum Gasteiger partial charge on any atom is -0.459 e. The maximum Gasteiger partial charge on any atom is 0.243 e. The summed E-state index contributed by atoms with van der Waals surface area (Å²) in [7, 11) is -4.10. The van der Waals surface area contributed by atoms with Crippen LogP contribution in [0.15, 0.2) is 44.1 Å². The topological polar surface area (TPSA) is 88.4 Å². The number of carbonyl (C=O) groups is 1. The van der Waals surface area contributed by atoms with Crippen molar-refractivity contribution in [2.75, 3.05) is 5.32 Å². The highest BCUT2D eigenvalue weighted by atomic mass is 79.9. The Labute approximate surface area is 169 Å². The van der Waals surface area contributed by atoms with Gasteiger partial charge in [0.25, 0.3) is 0 Å². The Morgan fingerprint density at radius 3 is 2.79 bits per heavy atom. The largest absolute Gasteiger partial charge is 0.459 e. The number of anilines is 1. The summed E-state index contributed by atoms with van der Waals surface area (Å²) >= 11 is 3.41. The fraction of sp³-hybridized carbons (Fsp3) is 0.211. The van der Waals surface area contributed by atoms with Crippen molar-refractivity contribution in [3.63, 3.8) is 0 Å². The third-order valence-electron chi connectivity index (χ3n) is 4.60. The van der Waals surface area contributed by atoms with E-state index in [4.69, 9.17) is 4.42 Å². The number of carbonyl (C=O) groups excluding carboxylic acids is 1. The highest BCUT2D eigenvalue weighted by Gasteiger charge is 2.24. The van der Waals surface area contributed by atoms with E-state index in [1.165, 1.54) is 6.07 Å². The summed E-state index contributed by atoms with van der Waals surface area (Å²) in [6, 6.07) is 7.84. The summed E-state index contributed by atoms with van der Waals surface area (Å²) in [6.45, 7) is 1.78. The molecule has 0 spiro atoms. The Balaban J connectivity index is 1.60. The van der Waals surface area contributed by atoms with Gasteiger partial charge in [-0.1, -0.05) is 15.9 Å². The monoisotopic (exact) mass is 466 g/mol. The Hall–Kier alpha value is -2.23. The molecule has 2 N–H and O–H groups in total. The normalized spacial score (nSPS) is 14.2. The van der Waals surface area contributed by atoms with Crippen molar-refractivity contribution in [2.24, 2.45) is 0 Å². The van der Waals surface area contributed by atoms with Crippen LogP contribution in [0.25, 0.3) is 11.0 Å². The fourth-order valence-electron chi connectivity index (χ4n) is 3.25. The fourth-order valence-corrected chi connectivity index (χ4v) is 4.94. The van der Waals surface area contributed by atoms with Crippen molar-refractivity contribution >= 4 is 48.5 Å². The molecule has 1 aliphatic rings. The van der Waals surface area contributed by atoms with Gasteiger partial charge >= 0.3 is 0 Å². The number of furan rings is 1. The van der Waals surface area contributed by atoms with Gasteiger partial charge in [-0.2, -0.15) is 0 Å². The Morgan fingerprint density at radius 1 is 1.21 bits per heavy atom. The molecule has 28 heavy (non-hydrogen) atoms. The number of benzene rings is 2. The molecule has 0 radical (unpaired) electrons. The average Bonchev–Trinajstić information content (AvgIpc) is 3.02. The van der Waals surface area contributed by atoms with Gasteiger partial charge in [0.1, 0.15) is 22.1 Å². The van der Waals surface area contributed by atoms with Crippen molar-refractivity contribution < 1.29 is 22.0 Å². The number of halogens is 2. The van der Waals surface area contributed by atoms with Crippen molar-refractivity contribution in [3.8, 4) is 0 Å². The first kappa shape index (κ1) is 19.1. The Morgan fingerprint density at radius 2 is 2.00 bits per heavy atom. The van der Waals surface area contributed by atoms with Crippen LogP contribution in [0, 0.1) is 12.7 Å². The number of fused-ring (bicyclic) bond motifs is 2. The minimum atomic E-state index is -4.10. The number of rotatable bonds is 4. The number of nitrogens with one attached hydrogen (secondary N) is 2. The lowest BCUT2D eigenvalue weighted by molar-refractivity contribution is -0.116. The molecule has 0 unspecified atom stereocenters. The summed E-state index contributed by atoms with van der Waals surface area (Å²) < 4.78 is 48.6. The van der Waals surface area contributed by atoms with E-state index in [0.29, 0.717) is 29.0 Å². The molecule has 0 saturated heterocycles. The molecule has 1 amide bonds. The van der Waals surface area contributed by atoms with Crippen molar-refractivity contribution in [2.45, 2.75) is 31.2 Å². The van der Waals surface area contributed by atoms with Gasteiger partial charge in [0.05, 0.1) is 6.54 Å². The van der Waals surface area contributed by atoms with Gasteiger partial charge < -0.3 is 9.73 Å². The van der Waals surface area contributed by atoms with Gasteiger partial charge in [-0.05, 0) is 54.8 Å². The molecule has 0 saturated carbocycles. The highest BCUT2D eigenvalue weighted by molar-refractivity contribution is 9.10. The first-order valence-electron chi connectivity index (χ1n) is 8.53. The van der Waals surface area contributed by atoms with Gasteiger partial charge in [0.15, 0.2) is 0 Å². The molecule has 1 aliphatic heterocycles. The van der Waals surface area contributed by atoms with Crippen LogP contribution in [0.3, 0.4) is 0 Å². The molecule has 0 aliphatic carbocycles. The second-order valence-electron chi connectivity index (χ2n) is 6.67. The van der Waals surface area contributed by atoms with Crippen LogP contribution in [0.1, 0.15) is 23.3 Å². The molecule has 9 heteroatoms. The third-order valence-corrected chi connectivity index (χ3v) is 6.47. The summed E-state index contributed by atoms with van der Waals surface area (Å²) in [5, 5.41) is 3.39. The van der Waals surface area contributed by atoms with Crippen LogP contribution in [0.2, 0.25) is 0 Å². The van der Waals surface area contributed by atoms with E-state index in [9.17, 15) is 17.6 Å². The second kappa shape index (κ2) is 6.98. The van der Waals surface area contributed by atoms with E-state index < -0.39 is 20.7 Å². The van der Waals surface area contributed by atoms with E-state index in [1.54, 1.807) is 6.07 Å². The van der Waals surface area contributed by atoms with Gasteiger partial charge in [-0.15, -0.1) is 0 Å². The van der Waals surface area contributed by atoms with Crippen molar-refractivity contribution in [3.05, 3.63) is 57.5 Å². The van der Waals surface area contributed by atoms with Crippen molar-refractivity contribution in [1.29, 1.82) is 0 Å². The van der Waals surface area contributed by atoms with E-state index in [-0.39, 0.29) is 18.9 Å². The van der Waals surface area contributed by atoms with Gasteiger partial charge in [0.2, 0.25) is 15.9 Å². The van der Waals surface area contributed by atoms with E-state index in [1.807, 2.05) is 19.1 Å². The van der Waals surface area contributed by atoms with Crippen LogP contribution in [0.5, 0.6) is 0 Å². The predicted octanol–water partition coefficient (Wildman–Crippen LogP) is 4.01. The number of amides is 1. The molecule has 2 heterocycles. The van der Waals surface area contributed by atoms with E-state index >= 15 is 0 Å². The molecule has 0 atom stereocenters.